The fraction of sp³-hybridized carbons (Fsp3) is 0.381. The van der Waals surface area contributed by atoms with E-state index in [4.69, 9.17) is 4.74 Å². The summed E-state index contributed by atoms with van der Waals surface area (Å²) in [5, 5.41) is 0. The van der Waals surface area contributed by atoms with Crippen LogP contribution in [-0.2, 0) is 6.42 Å². The monoisotopic (exact) mass is 383 g/mol. The second-order valence-corrected chi connectivity index (χ2v) is 7.79. The quantitative estimate of drug-likeness (QED) is 0.707. The molecular weight excluding hydrogens is 358 g/mol. The van der Waals surface area contributed by atoms with Gasteiger partial charge in [0.15, 0.2) is 5.78 Å². The average Bonchev–Trinajstić information content (AvgIpc) is 2.95. The van der Waals surface area contributed by atoms with E-state index in [2.05, 4.69) is 15.8 Å². The molecule has 3 rings (SSSR count). The lowest BCUT2D eigenvalue weighted by atomic mass is 9.75. The van der Waals surface area contributed by atoms with E-state index in [1.165, 1.54) is 0 Å². The molecule has 0 bridgehead atoms. The molecule has 1 heterocycles. The van der Waals surface area contributed by atoms with Gasteiger partial charge in [0.25, 0.3) is 11.8 Å². The fourth-order valence-electron chi connectivity index (χ4n) is 3.58. The van der Waals surface area contributed by atoms with Gasteiger partial charge in [-0.1, -0.05) is 13.8 Å². The Bertz CT molecular complexity index is 926. The van der Waals surface area contributed by atoms with Gasteiger partial charge < -0.3 is 9.72 Å². The number of fused-ring (bicyclic) bond motifs is 1. The summed E-state index contributed by atoms with van der Waals surface area (Å²) in [4.78, 5) is 40.3. The molecule has 0 fully saturated rings. The second kappa shape index (κ2) is 7.50. The van der Waals surface area contributed by atoms with Crippen molar-refractivity contribution < 1.29 is 19.1 Å². The molecule has 7 heteroatoms. The van der Waals surface area contributed by atoms with Gasteiger partial charge in [0.2, 0.25) is 0 Å². The first kappa shape index (κ1) is 19.7. The highest BCUT2D eigenvalue weighted by atomic mass is 16.5. The van der Waals surface area contributed by atoms with E-state index < -0.39 is 11.8 Å². The van der Waals surface area contributed by atoms with Crippen molar-refractivity contribution in [3.63, 3.8) is 0 Å². The molecule has 28 heavy (non-hydrogen) atoms. The van der Waals surface area contributed by atoms with Gasteiger partial charge in [-0.25, -0.2) is 0 Å². The summed E-state index contributed by atoms with van der Waals surface area (Å²) >= 11 is 0. The summed E-state index contributed by atoms with van der Waals surface area (Å²) in [6.07, 6.45) is 1.15. The number of aromatic amines is 1. The van der Waals surface area contributed by atoms with Crippen molar-refractivity contribution in [1.82, 2.24) is 15.8 Å². The standard InChI is InChI=1S/C21H25N3O4/c1-5-28-14-8-6-13(7-9-14)19(26)23-24-20(27)18-12(2)17-15(22-18)10-21(3,4)11-16(17)25/h6-9,22H,5,10-11H2,1-4H3,(H,23,26)(H,24,27). The number of hydrazine groups is 1. The largest absolute Gasteiger partial charge is 0.494 e. The molecule has 148 valence electrons. The van der Waals surface area contributed by atoms with Crippen LogP contribution in [0.3, 0.4) is 0 Å². The van der Waals surface area contributed by atoms with Crippen molar-refractivity contribution in [3.05, 3.63) is 52.3 Å². The lowest BCUT2D eigenvalue weighted by molar-refractivity contribution is 0.0843. The lowest BCUT2D eigenvalue weighted by Crippen LogP contribution is -2.42. The van der Waals surface area contributed by atoms with Gasteiger partial charge in [-0.2, -0.15) is 0 Å². The number of amides is 2. The molecule has 1 aliphatic rings. The van der Waals surface area contributed by atoms with E-state index in [-0.39, 0.29) is 11.2 Å². The molecule has 3 N–H and O–H groups in total. The van der Waals surface area contributed by atoms with Crippen LogP contribution >= 0.6 is 0 Å². The fourth-order valence-corrected chi connectivity index (χ4v) is 3.58. The number of nitrogens with one attached hydrogen (secondary N) is 3. The first-order valence-corrected chi connectivity index (χ1v) is 9.30. The minimum absolute atomic E-state index is 0.0393. The Balaban J connectivity index is 1.69. The number of carbonyl (C=O) groups excluding carboxylic acids is 3. The van der Waals surface area contributed by atoms with E-state index in [1.54, 1.807) is 31.2 Å². The van der Waals surface area contributed by atoms with Crippen LogP contribution in [0.2, 0.25) is 0 Å². The minimum Gasteiger partial charge on any atom is -0.494 e. The number of H-pyrrole nitrogens is 1. The third-order valence-corrected chi connectivity index (χ3v) is 4.85. The number of carbonyl (C=O) groups is 3. The highest BCUT2D eigenvalue weighted by Crippen LogP contribution is 2.36. The molecule has 7 nitrogen and oxygen atoms in total. The smallest absolute Gasteiger partial charge is 0.286 e. The maximum atomic E-state index is 12.5. The zero-order valence-electron chi connectivity index (χ0n) is 16.6. The van der Waals surface area contributed by atoms with Crippen LogP contribution in [0.5, 0.6) is 5.75 Å². The van der Waals surface area contributed by atoms with Crippen LogP contribution < -0.4 is 15.6 Å². The lowest BCUT2D eigenvalue weighted by Gasteiger charge is -2.28. The summed E-state index contributed by atoms with van der Waals surface area (Å²) in [5.74, 6) is -0.222. The number of aromatic nitrogens is 1. The van der Waals surface area contributed by atoms with Crippen LogP contribution in [0.4, 0.5) is 0 Å². The van der Waals surface area contributed by atoms with Gasteiger partial charge in [-0.15, -0.1) is 0 Å². The molecule has 0 unspecified atom stereocenters. The molecule has 0 saturated carbocycles. The van der Waals surface area contributed by atoms with E-state index >= 15 is 0 Å². The number of hydrogen-bond acceptors (Lipinski definition) is 4. The molecule has 0 radical (unpaired) electrons. The van der Waals surface area contributed by atoms with Crippen molar-refractivity contribution >= 4 is 17.6 Å². The minimum atomic E-state index is -0.489. The Morgan fingerprint density at radius 1 is 1.11 bits per heavy atom. The number of rotatable bonds is 4. The van der Waals surface area contributed by atoms with E-state index in [9.17, 15) is 14.4 Å². The van der Waals surface area contributed by atoms with E-state index in [0.29, 0.717) is 47.6 Å². The van der Waals surface area contributed by atoms with Crippen LogP contribution in [0.15, 0.2) is 24.3 Å². The van der Waals surface area contributed by atoms with E-state index in [1.807, 2.05) is 20.8 Å². The zero-order valence-corrected chi connectivity index (χ0v) is 16.6. The number of benzene rings is 1. The average molecular weight is 383 g/mol. The summed E-state index contributed by atoms with van der Waals surface area (Å²) in [5.41, 5.74) is 7.35. The van der Waals surface area contributed by atoms with Crippen LogP contribution in [0.25, 0.3) is 0 Å². The van der Waals surface area contributed by atoms with Crippen molar-refractivity contribution in [3.8, 4) is 5.75 Å². The van der Waals surface area contributed by atoms with Crippen molar-refractivity contribution in [2.24, 2.45) is 5.41 Å². The zero-order chi connectivity index (χ0) is 20.5. The van der Waals surface area contributed by atoms with Crippen molar-refractivity contribution in [2.75, 3.05) is 6.61 Å². The van der Waals surface area contributed by atoms with Crippen LogP contribution in [0, 0.1) is 12.3 Å². The van der Waals surface area contributed by atoms with Gasteiger partial charge in [0, 0.05) is 23.2 Å². The first-order valence-electron chi connectivity index (χ1n) is 9.30. The molecule has 1 aliphatic carbocycles. The molecular formula is C21H25N3O4. The summed E-state index contributed by atoms with van der Waals surface area (Å²) < 4.78 is 5.34. The topological polar surface area (TPSA) is 100 Å². The summed E-state index contributed by atoms with van der Waals surface area (Å²) in [6, 6.07) is 6.62. The summed E-state index contributed by atoms with van der Waals surface area (Å²) in [6.45, 7) is 8.22. The normalized spacial score (nSPS) is 14.9. The molecule has 0 atom stereocenters. The van der Waals surface area contributed by atoms with E-state index in [0.717, 1.165) is 5.69 Å². The molecule has 0 spiro atoms. The van der Waals surface area contributed by atoms with Gasteiger partial charge in [0.05, 0.1) is 6.61 Å². The Morgan fingerprint density at radius 2 is 1.75 bits per heavy atom. The van der Waals surface area contributed by atoms with Crippen LogP contribution in [-0.4, -0.2) is 29.2 Å². The van der Waals surface area contributed by atoms with Crippen molar-refractivity contribution in [1.29, 1.82) is 0 Å². The second-order valence-electron chi connectivity index (χ2n) is 7.79. The maximum Gasteiger partial charge on any atom is 0.286 e. The predicted molar refractivity (Wildman–Crippen MR) is 105 cm³/mol. The maximum absolute atomic E-state index is 12.5. The van der Waals surface area contributed by atoms with Crippen molar-refractivity contribution in [2.45, 2.75) is 40.5 Å². The predicted octanol–water partition coefficient (Wildman–Crippen LogP) is 2.95. The third-order valence-electron chi connectivity index (χ3n) is 4.85. The Morgan fingerprint density at radius 3 is 2.39 bits per heavy atom. The van der Waals surface area contributed by atoms with Crippen LogP contribution in [0.1, 0.15) is 69.7 Å². The number of Topliss-reactive ketones (excluding diaryl/α,β-unsaturated/α-hetero) is 1. The highest BCUT2D eigenvalue weighted by Gasteiger charge is 2.35. The van der Waals surface area contributed by atoms with Gasteiger partial charge in [-0.05, 0) is 55.5 Å². The summed E-state index contributed by atoms with van der Waals surface area (Å²) in [7, 11) is 0. The number of ketones is 1. The SMILES string of the molecule is CCOc1ccc(C(=O)NNC(=O)c2[nH]c3c(c2C)C(=O)CC(C)(C)C3)cc1. The van der Waals surface area contributed by atoms with Gasteiger partial charge in [0.1, 0.15) is 11.4 Å². The highest BCUT2D eigenvalue weighted by molar-refractivity contribution is 6.05. The van der Waals surface area contributed by atoms with Gasteiger partial charge >= 0.3 is 0 Å². The molecule has 2 amide bonds. The van der Waals surface area contributed by atoms with Gasteiger partial charge in [-0.3, -0.25) is 25.2 Å². The number of hydrogen-bond donors (Lipinski definition) is 3. The molecule has 2 aromatic rings. The number of ether oxygens (including phenoxy) is 1. The molecule has 1 aromatic heterocycles. The Labute approximate surface area is 163 Å². The molecule has 1 aromatic carbocycles. The first-order chi connectivity index (χ1) is 13.2. The third kappa shape index (κ3) is 3.93. The molecule has 0 saturated heterocycles. The Hall–Kier alpha value is -3.09. The Kier molecular flexibility index (Phi) is 5.27. The molecule has 0 aliphatic heterocycles.